The number of carbonyl (C=O) groups excluding carboxylic acids is 2. The topological polar surface area (TPSA) is 66.4 Å². The lowest BCUT2D eigenvalue weighted by Gasteiger charge is -2.02. The molecule has 1 aliphatic rings. The Balaban J connectivity index is 2.23. The van der Waals surface area contributed by atoms with Crippen molar-refractivity contribution in [1.29, 1.82) is 0 Å². The van der Waals surface area contributed by atoms with Crippen LogP contribution in [0.3, 0.4) is 0 Å². The van der Waals surface area contributed by atoms with Crippen molar-refractivity contribution in [3.63, 3.8) is 0 Å². The lowest BCUT2D eigenvalue weighted by Crippen LogP contribution is -2.22. The summed E-state index contributed by atoms with van der Waals surface area (Å²) in [6, 6.07) is 6.73. The summed E-state index contributed by atoms with van der Waals surface area (Å²) in [5.41, 5.74) is 1.01. The van der Waals surface area contributed by atoms with Gasteiger partial charge in [-0.25, -0.2) is 0 Å². The summed E-state index contributed by atoms with van der Waals surface area (Å²) in [7, 11) is 0. The number of rotatable bonds is 2. The minimum absolute atomic E-state index is 0.130. The highest BCUT2D eigenvalue weighted by atomic mass is 16.3. The SMILES string of the molecule is O=C1C=C(Cc2ccccc2O)C(=O)N1. The molecule has 0 saturated heterocycles. The first-order valence-electron chi connectivity index (χ1n) is 4.49. The van der Waals surface area contributed by atoms with Crippen molar-refractivity contribution in [3.8, 4) is 5.75 Å². The molecule has 2 N–H and O–H groups in total. The van der Waals surface area contributed by atoms with E-state index in [1.807, 2.05) is 0 Å². The van der Waals surface area contributed by atoms with Crippen molar-refractivity contribution in [2.45, 2.75) is 6.42 Å². The number of amides is 2. The van der Waals surface area contributed by atoms with Crippen LogP contribution in [0.1, 0.15) is 5.56 Å². The molecule has 2 amide bonds. The highest BCUT2D eigenvalue weighted by Crippen LogP contribution is 2.20. The molecule has 1 aliphatic heterocycles. The van der Waals surface area contributed by atoms with E-state index in [2.05, 4.69) is 5.32 Å². The lowest BCUT2D eigenvalue weighted by atomic mass is 10.0. The number of hydrogen-bond acceptors (Lipinski definition) is 3. The number of hydrogen-bond donors (Lipinski definition) is 2. The van der Waals surface area contributed by atoms with Crippen molar-refractivity contribution < 1.29 is 14.7 Å². The minimum atomic E-state index is -0.398. The Bertz CT molecular complexity index is 463. The van der Waals surface area contributed by atoms with Crippen LogP contribution in [0.5, 0.6) is 5.75 Å². The fourth-order valence-electron chi connectivity index (χ4n) is 1.45. The maximum atomic E-state index is 11.2. The van der Waals surface area contributed by atoms with E-state index in [0.29, 0.717) is 11.1 Å². The van der Waals surface area contributed by atoms with Crippen LogP contribution in [0.25, 0.3) is 0 Å². The molecule has 4 heteroatoms. The van der Waals surface area contributed by atoms with Crippen molar-refractivity contribution in [2.75, 3.05) is 0 Å². The number of phenolic OH excluding ortho intramolecular Hbond substituents is 1. The first-order chi connectivity index (χ1) is 7.16. The second-order valence-corrected chi connectivity index (χ2v) is 3.29. The Labute approximate surface area is 86.2 Å². The van der Waals surface area contributed by atoms with Gasteiger partial charge in [0.1, 0.15) is 5.75 Å². The van der Waals surface area contributed by atoms with Gasteiger partial charge in [0.15, 0.2) is 0 Å². The third-order valence-electron chi connectivity index (χ3n) is 2.21. The average molecular weight is 203 g/mol. The highest BCUT2D eigenvalue weighted by molar-refractivity contribution is 6.16. The van der Waals surface area contributed by atoms with Gasteiger partial charge in [0.05, 0.1) is 0 Å². The van der Waals surface area contributed by atoms with Crippen molar-refractivity contribution in [3.05, 3.63) is 41.5 Å². The molecule has 1 heterocycles. The van der Waals surface area contributed by atoms with Gasteiger partial charge < -0.3 is 5.11 Å². The largest absolute Gasteiger partial charge is 0.508 e. The molecular weight excluding hydrogens is 194 g/mol. The van der Waals surface area contributed by atoms with Gasteiger partial charge in [-0.1, -0.05) is 18.2 Å². The summed E-state index contributed by atoms with van der Waals surface area (Å²) in [6.07, 6.45) is 1.53. The summed E-state index contributed by atoms with van der Waals surface area (Å²) in [5, 5.41) is 11.6. The van der Waals surface area contributed by atoms with E-state index < -0.39 is 5.91 Å². The summed E-state index contributed by atoms with van der Waals surface area (Å²) < 4.78 is 0. The number of benzene rings is 1. The summed E-state index contributed by atoms with van der Waals surface area (Å²) >= 11 is 0. The summed E-state index contributed by atoms with van der Waals surface area (Å²) in [5.74, 6) is -0.653. The highest BCUT2D eigenvalue weighted by Gasteiger charge is 2.21. The molecule has 0 fully saturated rings. The zero-order valence-electron chi connectivity index (χ0n) is 7.86. The molecule has 1 aromatic carbocycles. The van der Waals surface area contributed by atoms with E-state index in [1.165, 1.54) is 6.08 Å². The zero-order valence-corrected chi connectivity index (χ0v) is 7.86. The first kappa shape index (κ1) is 9.45. The summed E-state index contributed by atoms with van der Waals surface area (Å²) in [6.45, 7) is 0. The number of carbonyl (C=O) groups is 2. The number of nitrogens with one attached hydrogen (secondary N) is 1. The van der Waals surface area contributed by atoms with E-state index in [4.69, 9.17) is 0 Å². The van der Waals surface area contributed by atoms with Crippen LogP contribution in [0, 0.1) is 0 Å². The maximum absolute atomic E-state index is 11.2. The van der Waals surface area contributed by atoms with Crippen molar-refractivity contribution >= 4 is 11.8 Å². The van der Waals surface area contributed by atoms with Crippen LogP contribution in [0.4, 0.5) is 0 Å². The Hall–Kier alpha value is -2.10. The predicted octanol–water partition coefficient (Wildman–Crippen LogP) is 0.517. The first-order valence-corrected chi connectivity index (χ1v) is 4.49. The molecule has 4 nitrogen and oxygen atoms in total. The molecule has 15 heavy (non-hydrogen) atoms. The fourth-order valence-corrected chi connectivity index (χ4v) is 1.45. The van der Waals surface area contributed by atoms with E-state index in [0.717, 1.165) is 0 Å². The quantitative estimate of drug-likeness (QED) is 0.688. The normalized spacial score (nSPS) is 15.1. The predicted molar refractivity (Wildman–Crippen MR) is 53.0 cm³/mol. The molecule has 0 aromatic heterocycles. The molecule has 0 radical (unpaired) electrons. The van der Waals surface area contributed by atoms with Gasteiger partial charge in [-0.3, -0.25) is 14.9 Å². The molecule has 0 aliphatic carbocycles. The average Bonchev–Trinajstić information content (AvgIpc) is 2.49. The van der Waals surface area contributed by atoms with Gasteiger partial charge in [-0.2, -0.15) is 0 Å². The van der Waals surface area contributed by atoms with Gasteiger partial charge in [0, 0.05) is 18.1 Å². The van der Waals surface area contributed by atoms with Crippen molar-refractivity contribution in [2.24, 2.45) is 0 Å². The molecule has 0 bridgehead atoms. The third kappa shape index (κ3) is 1.88. The Morgan fingerprint density at radius 3 is 2.53 bits per heavy atom. The number of imide groups is 1. The van der Waals surface area contributed by atoms with E-state index in [9.17, 15) is 14.7 Å². The molecule has 2 rings (SSSR count). The van der Waals surface area contributed by atoms with Crippen LogP contribution in [-0.4, -0.2) is 16.9 Å². The van der Waals surface area contributed by atoms with Crippen LogP contribution >= 0.6 is 0 Å². The molecule has 0 saturated carbocycles. The zero-order chi connectivity index (χ0) is 10.8. The molecule has 0 unspecified atom stereocenters. The van der Waals surface area contributed by atoms with Crippen LogP contribution in [-0.2, 0) is 16.0 Å². The second kappa shape index (κ2) is 3.57. The van der Waals surface area contributed by atoms with Crippen LogP contribution in [0.2, 0.25) is 0 Å². The van der Waals surface area contributed by atoms with Crippen LogP contribution in [0.15, 0.2) is 35.9 Å². The maximum Gasteiger partial charge on any atom is 0.254 e. The third-order valence-corrected chi connectivity index (χ3v) is 2.21. The monoisotopic (exact) mass is 203 g/mol. The van der Waals surface area contributed by atoms with Gasteiger partial charge in [0.25, 0.3) is 11.8 Å². The van der Waals surface area contributed by atoms with Gasteiger partial charge in [-0.05, 0) is 11.6 Å². The number of para-hydroxylation sites is 1. The number of phenols is 1. The molecule has 0 atom stereocenters. The Morgan fingerprint density at radius 1 is 1.20 bits per heavy atom. The Kier molecular flexibility index (Phi) is 2.25. The van der Waals surface area contributed by atoms with Crippen molar-refractivity contribution in [1.82, 2.24) is 5.32 Å². The summed E-state index contributed by atoms with van der Waals surface area (Å²) in [4.78, 5) is 22.1. The van der Waals surface area contributed by atoms with E-state index >= 15 is 0 Å². The lowest BCUT2D eigenvalue weighted by molar-refractivity contribution is -0.123. The molecule has 1 aromatic rings. The van der Waals surface area contributed by atoms with E-state index in [-0.39, 0.29) is 18.1 Å². The van der Waals surface area contributed by atoms with Crippen LogP contribution < -0.4 is 5.32 Å². The fraction of sp³-hybridized carbons (Fsp3) is 0.0909. The van der Waals surface area contributed by atoms with Gasteiger partial charge >= 0.3 is 0 Å². The smallest absolute Gasteiger partial charge is 0.254 e. The second-order valence-electron chi connectivity index (χ2n) is 3.29. The number of aromatic hydroxyl groups is 1. The molecule has 0 spiro atoms. The van der Waals surface area contributed by atoms with Gasteiger partial charge in [-0.15, -0.1) is 0 Å². The molecule has 76 valence electrons. The standard InChI is InChI=1S/C11H9NO3/c13-9-4-2-1-3-7(9)5-8-6-10(14)12-11(8)15/h1-4,6,13H,5H2,(H,12,14,15). The van der Waals surface area contributed by atoms with Gasteiger partial charge in [0.2, 0.25) is 0 Å². The molecular formula is C11H9NO3. The van der Waals surface area contributed by atoms with E-state index in [1.54, 1.807) is 24.3 Å². The Morgan fingerprint density at radius 2 is 1.93 bits per heavy atom. The minimum Gasteiger partial charge on any atom is -0.508 e.